The van der Waals surface area contributed by atoms with E-state index in [1.807, 2.05) is 45.2 Å². The number of hydrogen-bond acceptors (Lipinski definition) is 18. The largest absolute Gasteiger partial charge is 0.507 e. The number of aromatic hydroxyl groups is 1. The first kappa shape index (κ1) is 53.1. The molecule has 0 radical (unpaired) electrons. The molecule has 21 heteroatoms. The molecule has 2 amide bonds. The van der Waals surface area contributed by atoms with Crippen molar-refractivity contribution < 1.29 is 42.9 Å². The van der Waals surface area contributed by atoms with Gasteiger partial charge >= 0.3 is 0 Å². The van der Waals surface area contributed by atoms with Crippen LogP contribution < -0.4 is 30.3 Å². The van der Waals surface area contributed by atoms with Crippen LogP contribution in [0.25, 0.3) is 21.7 Å². The number of nitrogen functional groups attached to an aromatic ring is 1. The molecule has 1 saturated carbocycles. The van der Waals surface area contributed by atoms with Crippen molar-refractivity contribution in [2.24, 2.45) is 5.92 Å². The third kappa shape index (κ3) is 11.3. The summed E-state index contributed by atoms with van der Waals surface area (Å²) in [6, 6.07) is 18.8. The number of nitrogens with one attached hydrogen (secondary N) is 1. The highest BCUT2D eigenvalue weighted by molar-refractivity contribution is 7.13. The zero-order chi connectivity index (χ0) is 54.2. The molecule has 412 valence electrons. The fourth-order valence-electron chi connectivity index (χ4n) is 12.0. The Morgan fingerprint density at radius 3 is 2.41 bits per heavy atom. The van der Waals surface area contributed by atoms with E-state index in [-0.39, 0.29) is 66.8 Å². The second kappa shape index (κ2) is 22.8. The number of phenolic OH excluding ortho intramolecular Hbond substituents is 1. The summed E-state index contributed by atoms with van der Waals surface area (Å²) in [6.07, 6.45) is 6.98. The van der Waals surface area contributed by atoms with E-state index in [9.17, 15) is 19.8 Å². The van der Waals surface area contributed by atoms with E-state index in [4.69, 9.17) is 24.5 Å². The molecular formula is C57H68FN11O8S. The molecule has 4 aliphatic heterocycles. The number of benzene rings is 2. The minimum absolute atomic E-state index is 0.00804. The number of para-hydroxylation sites is 1. The molecule has 5 fully saturated rings. The average Bonchev–Trinajstić information content (AvgIpc) is 4.35. The van der Waals surface area contributed by atoms with Crippen LogP contribution in [0.1, 0.15) is 94.7 Å². The Labute approximate surface area is 456 Å². The first-order valence-corrected chi connectivity index (χ1v) is 28.1. The number of aromatic nitrogens is 5. The minimum Gasteiger partial charge on any atom is -0.507 e. The van der Waals surface area contributed by atoms with Crippen LogP contribution in [0, 0.1) is 18.7 Å². The standard InChI is InChI=1S/C57H68FN11O8S/c1-32(2)53(57(73)68-30-39(70)23-48(68)56(72)62-33(3)35-9-12-43(45(58)21-35)54-34(4)61-31-78-54)50-27-52(65-77-50)74-20-19-66-17-14-40(15-18-66)75-41-24-42(25-41)76-51-22-36(13-16-60-51)69-37-10-11-38(69)29-67(28-37)47-26-46(63-64-55(47)59)44-7-5-6-8-49(44)71/h5-9,12-13,16,21-22,26-27,31-33,37-42,48,53,70-71H,10-11,14-15,17-20,23-25,28-30H2,1-4H3,(H2,59,64)(H,62,72)/t33-,37?,38?,39+,41-,42-,48-,53+/m0/s1. The van der Waals surface area contributed by atoms with Gasteiger partial charge in [-0.15, -0.1) is 21.5 Å². The summed E-state index contributed by atoms with van der Waals surface area (Å²) < 4.78 is 40.0. The molecule has 2 aromatic carbocycles. The minimum atomic E-state index is -0.927. The molecule has 11 rings (SSSR count). The maximum absolute atomic E-state index is 15.3. The number of piperidine rings is 1. The Bertz CT molecular complexity index is 3080. The highest BCUT2D eigenvalue weighted by atomic mass is 32.1. The van der Waals surface area contributed by atoms with Crippen molar-refractivity contribution in [1.29, 1.82) is 0 Å². The number of hydrogen-bond donors (Lipinski definition) is 4. The number of aliphatic hydroxyl groups is 1. The smallest absolute Gasteiger partial charge is 0.254 e. The molecule has 19 nitrogen and oxygen atoms in total. The predicted octanol–water partition coefficient (Wildman–Crippen LogP) is 7.29. The number of anilines is 3. The number of pyridine rings is 1. The number of halogens is 1. The van der Waals surface area contributed by atoms with Gasteiger partial charge in [-0.25, -0.2) is 14.4 Å². The molecule has 1 aliphatic carbocycles. The lowest BCUT2D eigenvalue weighted by molar-refractivity contribution is -0.141. The van der Waals surface area contributed by atoms with Crippen LogP contribution in [0.2, 0.25) is 0 Å². The molecule has 8 heterocycles. The third-order valence-electron chi connectivity index (χ3n) is 16.2. The number of likely N-dealkylation sites (tertiary alicyclic amines) is 2. The summed E-state index contributed by atoms with van der Waals surface area (Å²) in [6.45, 7) is 11.8. The van der Waals surface area contributed by atoms with E-state index < -0.39 is 35.8 Å². The molecule has 5 N–H and O–H groups in total. The second-order valence-electron chi connectivity index (χ2n) is 21.8. The maximum atomic E-state index is 15.3. The number of rotatable bonds is 18. The lowest BCUT2D eigenvalue weighted by Gasteiger charge is -2.43. The Balaban J connectivity index is 0.603. The number of aryl methyl sites for hydroxylation is 1. The number of phenols is 1. The molecule has 0 spiro atoms. The monoisotopic (exact) mass is 1090 g/mol. The van der Waals surface area contributed by atoms with E-state index in [0.29, 0.717) is 53.0 Å². The zero-order valence-corrected chi connectivity index (χ0v) is 45.2. The molecule has 2 unspecified atom stereocenters. The lowest BCUT2D eigenvalue weighted by Crippen LogP contribution is -2.54. The number of nitrogens with zero attached hydrogens (tertiary/aromatic N) is 9. The van der Waals surface area contributed by atoms with Crippen LogP contribution in [-0.2, 0) is 14.3 Å². The number of β-amino-alcohol motifs (C(OH)–C–C–N with tert-alkyl or cyclic N) is 1. The van der Waals surface area contributed by atoms with Crippen molar-refractivity contribution in [1.82, 2.24) is 40.4 Å². The van der Waals surface area contributed by atoms with Gasteiger partial charge in [-0.1, -0.05) is 38.1 Å². The molecule has 4 aromatic heterocycles. The molecule has 5 aliphatic rings. The number of piperazine rings is 1. The van der Waals surface area contributed by atoms with Crippen LogP contribution in [-0.4, -0.2) is 146 Å². The summed E-state index contributed by atoms with van der Waals surface area (Å²) in [5.41, 5.74) is 13.0. The number of ether oxygens (including phenoxy) is 3. The number of amides is 2. The highest BCUT2D eigenvalue weighted by Gasteiger charge is 2.45. The molecule has 6 atom stereocenters. The first-order valence-electron chi connectivity index (χ1n) is 27.3. The number of fused-ring (bicyclic) bond motifs is 2. The van der Waals surface area contributed by atoms with Crippen molar-refractivity contribution in [3.63, 3.8) is 0 Å². The van der Waals surface area contributed by atoms with Crippen molar-refractivity contribution in [3.05, 3.63) is 101 Å². The molecule has 6 aromatic rings. The van der Waals surface area contributed by atoms with Crippen molar-refractivity contribution in [3.8, 4) is 39.2 Å². The Hall–Kier alpha value is -6.94. The van der Waals surface area contributed by atoms with Crippen LogP contribution in [0.15, 0.2) is 83.0 Å². The summed E-state index contributed by atoms with van der Waals surface area (Å²) in [4.78, 5) is 46.1. The quantitative estimate of drug-likeness (QED) is 0.0662. The van der Waals surface area contributed by atoms with E-state index in [0.717, 1.165) is 86.6 Å². The Kier molecular flexibility index (Phi) is 15.5. The van der Waals surface area contributed by atoms with Gasteiger partial charge in [0.1, 0.15) is 36.2 Å². The van der Waals surface area contributed by atoms with Gasteiger partial charge in [0.25, 0.3) is 5.88 Å². The second-order valence-corrected chi connectivity index (χ2v) is 22.7. The topological polar surface area (TPSA) is 231 Å². The van der Waals surface area contributed by atoms with Crippen LogP contribution in [0.4, 0.5) is 21.6 Å². The number of thiazole rings is 1. The normalized spacial score (nSPS) is 23.3. The fourth-order valence-corrected chi connectivity index (χ4v) is 12.8. The van der Waals surface area contributed by atoms with Gasteiger partial charge in [-0.2, -0.15) is 0 Å². The van der Waals surface area contributed by atoms with E-state index in [1.54, 1.807) is 42.8 Å². The predicted molar refractivity (Wildman–Crippen MR) is 292 cm³/mol. The number of nitrogens with two attached hydrogens (primary N) is 1. The van der Waals surface area contributed by atoms with Crippen LogP contribution >= 0.6 is 11.3 Å². The SMILES string of the molecule is Cc1ncsc1-c1ccc([C@H](C)NC(=O)[C@@H]2C[C@@H](O)CN2C(=O)[C@@H](c2cc(OCCN3CCC(O[C@H]4C[C@H](Oc5cc(N6C7CCC6CN(c6cc(-c8ccccc8O)nnc6N)C7)ccn5)C4)CC3)no2)C(C)C)cc1F. The van der Waals surface area contributed by atoms with Crippen molar-refractivity contribution in [2.75, 3.05) is 61.4 Å². The maximum Gasteiger partial charge on any atom is 0.254 e. The van der Waals surface area contributed by atoms with Crippen molar-refractivity contribution in [2.45, 2.75) is 127 Å². The highest BCUT2D eigenvalue weighted by Crippen LogP contribution is 2.41. The van der Waals surface area contributed by atoms with Gasteiger partial charge in [-0.05, 0) is 86.5 Å². The average molecular weight is 1090 g/mol. The van der Waals surface area contributed by atoms with E-state index >= 15 is 4.39 Å². The Morgan fingerprint density at radius 2 is 1.68 bits per heavy atom. The van der Waals surface area contributed by atoms with Gasteiger partial charge in [0, 0.05) is 106 Å². The summed E-state index contributed by atoms with van der Waals surface area (Å²) in [7, 11) is 0. The van der Waals surface area contributed by atoms with Crippen molar-refractivity contribution >= 4 is 40.3 Å². The van der Waals surface area contributed by atoms with Gasteiger partial charge in [-0.3, -0.25) is 14.5 Å². The molecule has 78 heavy (non-hydrogen) atoms. The Morgan fingerprint density at radius 1 is 0.897 bits per heavy atom. The fraction of sp³-hybridized carbons (Fsp3) is 0.491. The van der Waals surface area contributed by atoms with Gasteiger partial charge in [0.05, 0.1) is 51.8 Å². The molecule has 4 saturated heterocycles. The molecular weight excluding hydrogens is 1020 g/mol. The van der Waals surface area contributed by atoms with E-state index in [1.165, 1.54) is 22.3 Å². The number of aliphatic hydroxyl groups excluding tert-OH is 1. The van der Waals surface area contributed by atoms with E-state index in [2.05, 4.69) is 57.5 Å². The van der Waals surface area contributed by atoms with Gasteiger partial charge in [0.15, 0.2) is 11.6 Å². The van der Waals surface area contributed by atoms with Crippen LogP contribution in [0.5, 0.6) is 17.5 Å². The number of carbonyl (C=O) groups is 2. The third-order valence-corrected chi connectivity index (χ3v) is 17.2. The lowest BCUT2D eigenvalue weighted by atomic mass is 9.91. The van der Waals surface area contributed by atoms with Gasteiger partial charge in [0.2, 0.25) is 17.7 Å². The van der Waals surface area contributed by atoms with Crippen LogP contribution in [0.3, 0.4) is 0 Å². The number of carbonyl (C=O) groups excluding carboxylic acids is 2. The summed E-state index contributed by atoms with van der Waals surface area (Å²) in [5, 5.41) is 36.8. The van der Waals surface area contributed by atoms with Gasteiger partial charge < -0.3 is 54.7 Å². The summed E-state index contributed by atoms with van der Waals surface area (Å²) >= 11 is 1.37. The first-order chi connectivity index (χ1) is 37.7. The zero-order valence-electron chi connectivity index (χ0n) is 44.4. The summed E-state index contributed by atoms with van der Waals surface area (Å²) in [5.74, 6) is -0.438. The molecule has 2 bridgehead atoms.